The molecule has 29 heavy (non-hydrogen) atoms. The smallest absolute Gasteiger partial charge is 0.242 e. The van der Waals surface area contributed by atoms with Crippen LogP contribution in [0.4, 0.5) is 5.69 Å². The van der Waals surface area contributed by atoms with Crippen LogP contribution in [-0.4, -0.2) is 57.9 Å². The minimum absolute atomic E-state index is 0.00789. The van der Waals surface area contributed by atoms with E-state index in [0.717, 1.165) is 18.8 Å². The molecule has 1 heterocycles. The standard InChI is InChI=1S/C20H24N4O4S/c21-29(27,28)18-8-6-16(7-9-18)14-19(25)22-15-20(26)24-12-10-23(11-13-24)17-4-2-1-3-5-17/h1-9H,10-15H2,(H,22,25)(H2,21,27,28). The fourth-order valence-corrected chi connectivity index (χ4v) is 3.70. The first-order chi connectivity index (χ1) is 13.8. The van der Waals surface area contributed by atoms with Crippen LogP contribution < -0.4 is 15.4 Å². The molecule has 0 aromatic heterocycles. The topological polar surface area (TPSA) is 113 Å². The second-order valence-electron chi connectivity index (χ2n) is 6.85. The molecular weight excluding hydrogens is 392 g/mol. The van der Waals surface area contributed by atoms with Gasteiger partial charge in [-0.05, 0) is 29.8 Å². The molecule has 0 radical (unpaired) electrons. The molecular formula is C20H24N4O4S. The van der Waals surface area contributed by atoms with E-state index in [0.29, 0.717) is 18.7 Å². The summed E-state index contributed by atoms with van der Waals surface area (Å²) in [5.41, 5.74) is 1.78. The van der Waals surface area contributed by atoms with Crippen molar-refractivity contribution in [1.29, 1.82) is 0 Å². The predicted octanol–water partition coefficient (Wildman–Crippen LogP) is 0.342. The number of hydrogen-bond donors (Lipinski definition) is 2. The van der Waals surface area contributed by atoms with E-state index in [4.69, 9.17) is 5.14 Å². The second-order valence-corrected chi connectivity index (χ2v) is 8.41. The first-order valence-electron chi connectivity index (χ1n) is 9.29. The average Bonchev–Trinajstić information content (AvgIpc) is 2.72. The number of amides is 2. The first-order valence-corrected chi connectivity index (χ1v) is 10.8. The molecule has 154 valence electrons. The van der Waals surface area contributed by atoms with Gasteiger partial charge in [0.15, 0.2) is 0 Å². The summed E-state index contributed by atoms with van der Waals surface area (Å²) >= 11 is 0. The van der Waals surface area contributed by atoms with Crippen molar-refractivity contribution in [3.05, 3.63) is 60.2 Å². The van der Waals surface area contributed by atoms with Crippen LogP contribution in [0.5, 0.6) is 0 Å². The molecule has 0 bridgehead atoms. The SMILES string of the molecule is NS(=O)(=O)c1ccc(CC(=O)NCC(=O)N2CCN(c3ccccc3)CC2)cc1. The molecule has 8 nitrogen and oxygen atoms in total. The summed E-state index contributed by atoms with van der Waals surface area (Å²) < 4.78 is 22.5. The fraction of sp³-hybridized carbons (Fsp3) is 0.300. The van der Waals surface area contributed by atoms with Gasteiger partial charge in [0.1, 0.15) is 0 Å². The van der Waals surface area contributed by atoms with Crippen LogP contribution in [0.3, 0.4) is 0 Å². The van der Waals surface area contributed by atoms with Gasteiger partial charge in [0.05, 0.1) is 17.9 Å². The monoisotopic (exact) mass is 416 g/mol. The van der Waals surface area contributed by atoms with E-state index >= 15 is 0 Å². The van der Waals surface area contributed by atoms with Gasteiger partial charge in [0.2, 0.25) is 21.8 Å². The Balaban J connectivity index is 1.43. The molecule has 9 heteroatoms. The van der Waals surface area contributed by atoms with Gasteiger partial charge >= 0.3 is 0 Å². The molecule has 2 amide bonds. The molecule has 1 fully saturated rings. The van der Waals surface area contributed by atoms with Crippen molar-refractivity contribution in [2.45, 2.75) is 11.3 Å². The van der Waals surface area contributed by atoms with E-state index in [1.54, 1.807) is 4.90 Å². The highest BCUT2D eigenvalue weighted by Crippen LogP contribution is 2.15. The van der Waals surface area contributed by atoms with E-state index in [9.17, 15) is 18.0 Å². The average molecular weight is 417 g/mol. The minimum atomic E-state index is -3.76. The van der Waals surface area contributed by atoms with Crippen LogP contribution >= 0.6 is 0 Å². The third-order valence-electron chi connectivity index (χ3n) is 4.81. The number of hydrogen-bond acceptors (Lipinski definition) is 5. The van der Waals surface area contributed by atoms with Crippen LogP contribution in [-0.2, 0) is 26.0 Å². The van der Waals surface area contributed by atoms with Crippen molar-refractivity contribution < 1.29 is 18.0 Å². The normalized spacial score (nSPS) is 14.5. The van der Waals surface area contributed by atoms with Gasteiger partial charge in [-0.3, -0.25) is 9.59 Å². The van der Waals surface area contributed by atoms with Gasteiger partial charge in [-0.2, -0.15) is 0 Å². The Bertz CT molecular complexity index is 954. The summed E-state index contributed by atoms with van der Waals surface area (Å²) in [6.07, 6.45) is 0.0555. The highest BCUT2D eigenvalue weighted by atomic mass is 32.2. The van der Waals surface area contributed by atoms with Crippen LogP contribution in [0, 0.1) is 0 Å². The number of rotatable bonds is 6. The van der Waals surface area contributed by atoms with E-state index in [1.165, 1.54) is 24.3 Å². The third kappa shape index (κ3) is 5.78. The molecule has 2 aromatic rings. The maximum Gasteiger partial charge on any atom is 0.242 e. The number of carbonyl (C=O) groups is 2. The van der Waals surface area contributed by atoms with Crippen LogP contribution in [0.25, 0.3) is 0 Å². The van der Waals surface area contributed by atoms with Gasteiger partial charge < -0.3 is 15.1 Å². The maximum atomic E-state index is 12.4. The number of carbonyl (C=O) groups excluding carboxylic acids is 2. The van der Waals surface area contributed by atoms with E-state index in [1.807, 2.05) is 30.3 Å². The number of benzene rings is 2. The zero-order valence-electron chi connectivity index (χ0n) is 16.0. The summed E-state index contributed by atoms with van der Waals surface area (Å²) in [5, 5.41) is 7.68. The van der Waals surface area contributed by atoms with Gasteiger partial charge in [0, 0.05) is 31.9 Å². The predicted molar refractivity (Wildman–Crippen MR) is 110 cm³/mol. The lowest BCUT2D eigenvalue weighted by molar-refractivity contribution is -0.133. The van der Waals surface area contributed by atoms with Gasteiger partial charge in [-0.15, -0.1) is 0 Å². The van der Waals surface area contributed by atoms with Crippen molar-refractivity contribution in [3.8, 4) is 0 Å². The number of anilines is 1. The van der Waals surface area contributed by atoms with E-state index < -0.39 is 10.0 Å². The third-order valence-corrected chi connectivity index (χ3v) is 5.74. The number of sulfonamides is 1. The Morgan fingerprint density at radius 1 is 0.931 bits per heavy atom. The summed E-state index contributed by atoms with van der Waals surface area (Å²) in [6, 6.07) is 15.8. The largest absolute Gasteiger partial charge is 0.368 e. The molecule has 0 atom stereocenters. The molecule has 1 aliphatic rings. The summed E-state index contributed by atoms with van der Waals surface area (Å²) in [6.45, 7) is 2.66. The number of nitrogens with zero attached hydrogens (tertiary/aromatic N) is 2. The van der Waals surface area contributed by atoms with Crippen molar-refractivity contribution in [1.82, 2.24) is 10.2 Å². The number of nitrogens with one attached hydrogen (secondary N) is 1. The molecule has 0 saturated carbocycles. The lowest BCUT2D eigenvalue weighted by Crippen LogP contribution is -2.51. The Kier molecular flexibility index (Phi) is 6.50. The molecule has 0 unspecified atom stereocenters. The number of piperazine rings is 1. The fourth-order valence-electron chi connectivity index (χ4n) is 3.18. The van der Waals surface area contributed by atoms with Crippen LogP contribution in [0.2, 0.25) is 0 Å². The molecule has 1 aliphatic heterocycles. The quantitative estimate of drug-likeness (QED) is 0.705. The minimum Gasteiger partial charge on any atom is -0.368 e. The van der Waals surface area contributed by atoms with Crippen LogP contribution in [0.15, 0.2) is 59.5 Å². The summed E-state index contributed by atoms with van der Waals surface area (Å²) in [4.78, 5) is 28.4. The molecule has 1 saturated heterocycles. The number of primary sulfonamides is 1. The summed E-state index contributed by atoms with van der Waals surface area (Å²) in [7, 11) is -3.76. The van der Waals surface area contributed by atoms with E-state index in [-0.39, 0.29) is 29.7 Å². The highest BCUT2D eigenvalue weighted by molar-refractivity contribution is 7.89. The van der Waals surface area contributed by atoms with Crippen molar-refractivity contribution in [3.63, 3.8) is 0 Å². The Hall–Kier alpha value is -2.91. The molecule has 0 spiro atoms. The lowest BCUT2D eigenvalue weighted by Gasteiger charge is -2.36. The molecule has 3 N–H and O–H groups in total. The number of nitrogens with two attached hydrogens (primary N) is 1. The second kappa shape index (κ2) is 9.06. The maximum absolute atomic E-state index is 12.4. The van der Waals surface area contributed by atoms with Gasteiger partial charge in [-0.25, -0.2) is 13.6 Å². The molecule has 0 aliphatic carbocycles. The summed E-state index contributed by atoms with van der Waals surface area (Å²) in [5.74, 6) is -0.416. The highest BCUT2D eigenvalue weighted by Gasteiger charge is 2.21. The Morgan fingerprint density at radius 2 is 1.55 bits per heavy atom. The number of para-hydroxylation sites is 1. The lowest BCUT2D eigenvalue weighted by atomic mass is 10.1. The van der Waals surface area contributed by atoms with E-state index in [2.05, 4.69) is 10.2 Å². The first kappa shape index (κ1) is 20.8. The van der Waals surface area contributed by atoms with Crippen molar-refractivity contribution in [2.24, 2.45) is 5.14 Å². The van der Waals surface area contributed by atoms with Gasteiger partial charge in [0.25, 0.3) is 0 Å². The van der Waals surface area contributed by atoms with Gasteiger partial charge in [-0.1, -0.05) is 30.3 Å². The zero-order chi connectivity index (χ0) is 20.9. The van der Waals surface area contributed by atoms with Crippen molar-refractivity contribution in [2.75, 3.05) is 37.6 Å². The zero-order valence-corrected chi connectivity index (χ0v) is 16.8. The Morgan fingerprint density at radius 3 is 2.14 bits per heavy atom. The van der Waals surface area contributed by atoms with Crippen LogP contribution in [0.1, 0.15) is 5.56 Å². The molecule has 2 aromatic carbocycles. The Labute approximate surface area is 170 Å². The van der Waals surface area contributed by atoms with Crippen molar-refractivity contribution >= 4 is 27.5 Å². The molecule has 3 rings (SSSR count).